The van der Waals surface area contributed by atoms with E-state index in [0.717, 1.165) is 29.0 Å². The Kier molecular flexibility index (Phi) is 4.60. The molecule has 0 bridgehead atoms. The van der Waals surface area contributed by atoms with Crippen LogP contribution in [0.15, 0.2) is 42.0 Å². The first-order chi connectivity index (χ1) is 9.08. The summed E-state index contributed by atoms with van der Waals surface area (Å²) in [4.78, 5) is 12.0. The Bertz CT molecular complexity index is 526. The summed E-state index contributed by atoms with van der Waals surface area (Å²) in [6, 6.07) is 7.72. The van der Waals surface area contributed by atoms with E-state index in [2.05, 4.69) is 13.8 Å². The minimum Gasteiger partial charge on any atom is -0.295 e. The predicted octanol–water partition coefficient (Wildman–Crippen LogP) is 4.91. The summed E-state index contributed by atoms with van der Waals surface area (Å²) in [5.41, 5.74) is 2.09. The van der Waals surface area contributed by atoms with Gasteiger partial charge in [0.25, 0.3) is 0 Å². The minimum atomic E-state index is 0.192. The van der Waals surface area contributed by atoms with Crippen molar-refractivity contribution in [3.8, 4) is 0 Å². The summed E-state index contributed by atoms with van der Waals surface area (Å²) in [7, 11) is 0. The number of allylic oxidation sites excluding steroid dienone is 3. The quantitative estimate of drug-likeness (QED) is 0.765. The van der Waals surface area contributed by atoms with Crippen molar-refractivity contribution < 1.29 is 4.79 Å². The molecule has 0 fully saturated rings. The minimum absolute atomic E-state index is 0.192. The number of ketones is 1. The van der Waals surface area contributed by atoms with Gasteiger partial charge >= 0.3 is 0 Å². The van der Waals surface area contributed by atoms with Crippen molar-refractivity contribution in [2.75, 3.05) is 0 Å². The Labute approximate surface area is 120 Å². The fourth-order valence-corrected chi connectivity index (χ4v) is 2.63. The van der Waals surface area contributed by atoms with Gasteiger partial charge in [0, 0.05) is 10.9 Å². The molecule has 0 saturated heterocycles. The van der Waals surface area contributed by atoms with Gasteiger partial charge in [-0.2, -0.15) is 0 Å². The third-order valence-corrected chi connectivity index (χ3v) is 3.97. The van der Waals surface area contributed by atoms with Gasteiger partial charge in [-0.05, 0) is 42.0 Å². The van der Waals surface area contributed by atoms with Crippen molar-refractivity contribution in [1.29, 1.82) is 0 Å². The van der Waals surface area contributed by atoms with Crippen LogP contribution in [-0.2, 0) is 4.79 Å². The third-order valence-electron chi connectivity index (χ3n) is 3.62. The summed E-state index contributed by atoms with van der Waals surface area (Å²) < 4.78 is 0. The maximum Gasteiger partial charge on any atom is 0.159 e. The SMILES string of the molecule is CC(C)C1CCC(/C=C\c2ccccc2Cl)=CC1=O. The Morgan fingerprint density at radius 3 is 2.63 bits per heavy atom. The van der Waals surface area contributed by atoms with Crippen LogP contribution in [0.1, 0.15) is 32.3 Å². The second kappa shape index (κ2) is 6.21. The van der Waals surface area contributed by atoms with E-state index in [4.69, 9.17) is 11.6 Å². The van der Waals surface area contributed by atoms with Gasteiger partial charge in [-0.15, -0.1) is 0 Å². The average molecular weight is 275 g/mol. The molecule has 0 aromatic heterocycles. The fraction of sp³-hybridized carbons (Fsp3) is 0.353. The number of rotatable bonds is 3. The van der Waals surface area contributed by atoms with E-state index in [1.165, 1.54) is 0 Å². The lowest BCUT2D eigenvalue weighted by atomic mass is 9.81. The molecule has 0 radical (unpaired) electrons. The van der Waals surface area contributed by atoms with E-state index in [1.54, 1.807) is 6.08 Å². The molecule has 1 unspecified atom stereocenters. The number of hydrogen-bond acceptors (Lipinski definition) is 1. The molecule has 1 aliphatic carbocycles. The zero-order valence-electron chi connectivity index (χ0n) is 11.4. The number of carbonyl (C=O) groups excluding carboxylic acids is 1. The molecule has 2 rings (SSSR count). The van der Waals surface area contributed by atoms with Gasteiger partial charge in [-0.25, -0.2) is 0 Å². The van der Waals surface area contributed by atoms with Crippen molar-refractivity contribution in [2.24, 2.45) is 11.8 Å². The second-order valence-electron chi connectivity index (χ2n) is 5.37. The molecule has 1 atom stereocenters. The first-order valence-corrected chi connectivity index (χ1v) is 7.12. The van der Waals surface area contributed by atoms with Crippen molar-refractivity contribution in [1.82, 2.24) is 0 Å². The van der Waals surface area contributed by atoms with Crippen molar-refractivity contribution in [2.45, 2.75) is 26.7 Å². The smallest absolute Gasteiger partial charge is 0.159 e. The van der Waals surface area contributed by atoms with Crippen molar-refractivity contribution in [3.05, 3.63) is 52.6 Å². The highest BCUT2D eigenvalue weighted by Gasteiger charge is 2.24. The monoisotopic (exact) mass is 274 g/mol. The highest BCUT2D eigenvalue weighted by atomic mass is 35.5. The number of carbonyl (C=O) groups is 1. The molecule has 0 saturated carbocycles. The van der Waals surface area contributed by atoms with Crippen LogP contribution >= 0.6 is 11.6 Å². The predicted molar refractivity (Wildman–Crippen MR) is 81.1 cm³/mol. The van der Waals surface area contributed by atoms with E-state index in [9.17, 15) is 4.79 Å². The van der Waals surface area contributed by atoms with Gasteiger partial charge in [0.2, 0.25) is 0 Å². The molecule has 0 heterocycles. The maximum atomic E-state index is 12.0. The second-order valence-corrected chi connectivity index (χ2v) is 5.77. The largest absolute Gasteiger partial charge is 0.295 e. The van der Waals surface area contributed by atoms with Crippen LogP contribution in [-0.4, -0.2) is 5.78 Å². The normalized spacial score (nSPS) is 20.1. The lowest BCUT2D eigenvalue weighted by molar-refractivity contribution is -0.120. The van der Waals surface area contributed by atoms with E-state index in [1.807, 2.05) is 36.4 Å². The van der Waals surface area contributed by atoms with Gasteiger partial charge in [-0.3, -0.25) is 4.79 Å². The molecule has 1 nitrogen and oxygen atoms in total. The molecule has 19 heavy (non-hydrogen) atoms. The zero-order valence-corrected chi connectivity index (χ0v) is 12.2. The van der Waals surface area contributed by atoms with E-state index >= 15 is 0 Å². The standard InChI is InChI=1S/C17H19ClO/c1-12(2)15-10-8-13(11-17(15)19)7-9-14-5-3-4-6-16(14)18/h3-7,9,11-12,15H,8,10H2,1-2H3/b9-7-. The first-order valence-electron chi connectivity index (χ1n) is 6.75. The van der Waals surface area contributed by atoms with Crippen LogP contribution in [0.25, 0.3) is 6.08 Å². The summed E-state index contributed by atoms with van der Waals surface area (Å²) >= 11 is 6.10. The lowest BCUT2D eigenvalue weighted by Crippen LogP contribution is -2.22. The molecular formula is C17H19ClO. The van der Waals surface area contributed by atoms with Gasteiger partial charge < -0.3 is 0 Å². The summed E-state index contributed by atoms with van der Waals surface area (Å²) in [5, 5.41) is 0.738. The number of benzene rings is 1. The van der Waals surface area contributed by atoms with Gasteiger partial charge in [0.05, 0.1) is 0 Å². The molecule has 100 valence electrons. The van der Waals surface area contributed by atoms with Crippen LogP contribution in [0.4, 0.5) is 0 Å². The van der Waals surface area contributed by atoms with Crippen molar-refractivity contribution >= 4 is 23.5 Å². The maximum absolute atomic E-state index is 12.0. The van der Waals surface area contributed by atoms with Crippen LogP contribution in [0.5, 0.6) is 0 Å². The zero-order chi connectivity index (χ0) is 13.8. The molecule has 1 aromatic carbocycles. The highest BCUT2D eigenvalue weighted by Crippen LogP contribution is 2.28. The molecular weight excluding hydrogens is 256 g/mol. The summed E-state index contributed by atoms with van der Waals surface area (Å²) in [6.07, 6.45) is 7.71. The van der Waals surface area contributed by atoms with Crippen molar-refractivity contribution in [3.63, 3.8) is 0 Å². The van der Waals surface area contributed by atoms with Crippen LogP contribution in [0.2, 0.25) is 5.02 Å². The molecule has 2 heteroatoms. The Hall–Kier alpha value is -1.34. The number of hydrogen-bond donors (Lipinski definition) is 0. The Balaban J connectivity index is 2.11. The van der Waals surface area contributed by atoms with Crippen LogP contribution < -0.4 is 0 Å². The van der Waals surface area contributed by atoms with Crippen LogP contribution in [0.3, 0.4) is 0 Å². The Morgan fingerprint density at radius 2 is 2.00 bits per heavy atom. The summed E-state index contributed by atoms with van der Waals surface area (Å²) in [6.45, 7) is 4.22. The summed E-state index contributed by atoms with van der Waals surface area (Å²) in [5.74, 6) is 0.885. The van der Waals surface area contributed by atoms with Gasteiger partial charge in [0.1, 0.15) is 0 Å². The average Bonchev–Trinajstić information content (AvgIpc) is 2.37. The molecule has 0 amide bonds. The molecule has 0 aliphatic heterocycles. The highest BCUT2D eigenvalue weighted by molar-refractivity contribution is 6.32. The third kappa shape index (κ3) is 3.57. The van der Waals surface area contributed by atoms with Gasteiger partial charge in [-0.1, -0.05) is 55.8 Å². The topological polar surface area (TPSA) is 17.1 Å². The van der Waals surface area contributed by atoms with E-state index in [0.29, 0.717) is 5.92 Å². The van der Waals surface area contributed by atoms with Crippen LogP contribution in [0, 0.1) is 11.8 Å². The molecule has 1 aliphatic rings. The lowest BCUT2D eigenvalue weighted by Gasteiger charge is -2.22. The van der Waals surface area contributed by atoms with E-state index in [-0.39, 0.29) is 11.7 Å². The fourth-order valence-electron chi connectivity index (χ4n) is 2.43. The molecule has 0 spiro atoms. The van der Waals surface area contributed by atoms with E-state index < -0.39 is 0 Å². The molecule has 1 aromatic rings. The Morgan fingerprint density at radius 1 is 1.26 bits per heavy atom. The number of halogens is 1. The first kappa shape index (κ1) is 14.1. The molecule has 0 N–H and O–H groups in total. The van der Waals surface area contributed by atoms with Gasteiger partial charge in [0.15, 0.2) is 5.78 Å².